The highest BCUT2D eigenvalue weighted by Crippen LogP contribution is 2.19. The molecule has 0 unspecified atom stereocenters. The molecule has 0 aromatic heterocycles. The van der Waals surface area contributed by atoms with Gasteiger partial charge < -0.3 is 4.74 Å². The van der Waals surface area contributed by atoms with Crippen LogP contribution in [0.2, 0.25) is 0 Å². The van der Waals surface area contributed by atoms with Crippen molar-refractivity contribution in [2.24, 2.45) is 5.92 Å². The van der Waals surface area contributed by atoms with Crippen molar-refractivity contribution in [3.63, 3.8) is 0 Å². The van der Waals surface area contributed by atoms with Crippen LogP contribution in [0.4, 0.5) is 14.9 Å². The number of hydrogen-bond donors (Lipinski definition) is 1. The monoisotopic (exact) mass is 289 g/mol. The summed E-state index contributed by atoms with van der Waals surface area (Å²) in [6, 6.07) is 4.38. The zero-order valence-corrected chi connectivity index (χ0v) is 10.7. The fourth-order valence-corrected chi connectivity index (χ4v) is 1.31. The molecule has 1 aromatic carbocycles. The van der Waals surface area contributed by atoms with Crippen molar-refractivity contribution in [3.05, 3.63) is 28.5 Å². The van der Waals surface area contributed by atoms with E-state index in [1.807, 2.05) is 13.8 Å². The molecule has 0 saturated carbocycles. The first kappa shape index (κ1) is 13.0. The highest BCUT2D eigenvalue weighted by Gasteiger charge is 2.08. The first-order chi connectivity index (χ1) is 7.49. The third-order valence-corrected chi connectivity index (χ3v) is 2.21. The summed E-state index contributed by atoms with van der Waals surface area (Å²) >= 11 is 3.13. The number of carbonyl (C=O) groups excluding carboxylic acids is 1. The third kappa shape index (κ3) is 4.18. The molecular formula is C11H13BrFNO2. The molecule has 0 saturated heterocycles. The van der Waals surface area contributed by atoms with Gasteiger partial charge in [0.15, 0.2) is 0 Å². The Morgan fingerprint density at radius 2 is 2.25 bits per heavy atom. The van der Waals surface area contributed by atoms with E-state index in [-0.39, 0.29) is 11.6 Å². The second kappa shape index (κ2) is 5.84. The highest BCUT2D eigenvalue weighted by molar-refractivity contribution is 9.10. The van der Waals surface area contributed by atoms with Crippen LogP contribution >= 0.6 is 15.9 Å². The standard InChI is InChI=1S/C11H13BrFNO2/c1-7(2)6-16-11(15)14-10-4-3-8(12)5-9(10)13/h3-5,7H,6H2,1-2H3,(H,14,15). The van der Waals surface area contributed by atoms with Crippen LogP contribution in [0.3, 0.4) is 0 Å². The fraction of sp³-hybridized carbons (Fsp3) is 0.364. The number of amides is 1. The van der Waals surface area contributed by atoms with Crippen LogP contribution in [0.1, 0.15) is 13.8 Å². The number of hydrogen-bond acceptors (Lipinski definition) is 2. The van der Waals surface area contributed by atoms with Gasteiger partial charge >= 0.3 is 6.09 Å². The largest absolute Gasteiger partial charge is 0.449 e. The molecule has 0 aliphatic heterocycles. The van der Waals surface area contributed by atoms with Crippen LogP contribution in [0, 0.1) is 11.7 Å². The van der Waals surface area contributed by atoms with Gasteiger partial charge in [0.2, 0.25) is 0 Å². The molecule has 3 nitrogen and oxygen atoms in total. The van der Waals surface area contributed by atoms with Crippen LogP contribution < -0.4 is 5.32 Å². The molecule has 0 heterocycles. The first-order valence-corrected chi connectivity index (χ1v) is 5.67. The lowest BCUT2D eigenvalue weighted by Gasteiger charge is -2.09. The molecule has 88 valence electrons. The fourth-order valence-electron chi connectivity index (χ4n) is 0.979. The summed E-state index contributed by atoms with van der Waals surface area (Å²) in [5, 5.41) is 2.34. The summed E-state index contributed by atoms with van der Waals surface area (Å²) in [6.07, 6.45) is -0.644. The molecule has 5 heteroatoms. The third-order valence-electron chi connectivity index (χ3n) is 1.72. The van der Waals surface area contributed by atoms with Gasteiger partial charge in [-0.15, -0.1) is 0 Å². The van der Waals surface area contributed by atoms with Gasteiger partial charge in [0.1, 0.15) is 5.82 Å². The van der Waals surface area contributed by atoms with Crippen molar-refractivity contribution in [1.82, 2.24) is 0 Å². The Labute approximate surface area is 102 Å². The minimum atomic E-state index is -0.644. The quantitative estimate of drug-likeness (QED) is 0.919. The van der Waals surface area contributed by atoms with E-state index < -0.39 is 11.9 Å². The molecule has 0 bridgehead atoms. The first-order valence-electron chi connectivity index (χ1n) is 4.88. The zero-order chi connectivity index (χ0) is 12.1. The van der Waals surface area contributed by atoms with Crippen molar-refractivity contribution >= 4 is 27.7 Å². The Bertz CT molecular complexity index is 382. The van der Waals surface area contributed by atoms with Gasteiger partial charge in [0.05, 0.1) is 12.3 Å². The Hall–Kier alpha value is -1.10. The molecule has 1 aromatic rings. The van der Waals surface area contributed by atoms with Gasteiger partial charge in [0.25, 0.3) is 0 Å². The van der Waals surface area contributed by atoms with Gasteiger partial charge in [-0.25, -0.2) is 9.18 Å². The number of anilines is 1. The van der Waals surface area contributed by atoms with E-state index >= 15 is 0 Å². The highest BCUT2D eigenvalue weighted by atomic mass is 79.9. The Balaban J connectivity index is 2.56. The van der Waals surface area contributed by atoms with Crippen LogP contribution in [-0.4, -0.2) is 12.7 Å². The molecule has 16 heavy (non-hydrogen) atoms. The maximum Gasteiger partial charge on any atom is 0.411 e. The Kier molecular flexibility index (Phi) is 4.73. The average molecular weight is 290 g/mol. The summed E-state index contributed by atoms with van der Waals surface area (Å²) in [4.78, 5) is 11.2. The van der Waals surface area contributed by atoms with Crippen molar-refractivity contribution in [3.8, 4) is 0 Å². The molecular weight excluding hydrogens is 277 g/mol. The average Bonchev–Trinajstić information content (AvgIpc) is 2.19. The molecule has 1 rings (SSSR count). The molecule has 0 aliphatic carbocycles. The SMILES string of the molecule is CC(C)COC(=O)Nc1ccc(Br)cc1F. The maximum atomic E-state index is 13.3. The van der Waals surface area contributed by atoms with Gasteiger partial charge in [0, 0.05) is 4.47 Å². The van der Waals surface area contributed by atoms with Gasteiger partial charge in [-0.1, -0.05) is 29.8 Å². The van der Waals surface area contributed by atoms with Gasteiger partial charge in [-0.2, -0.15) is 0 Å². The predicted octanol–water partition coefficient (Wildman–Crippen LogP) is 3.79. The number of rotatable bonds is 3. The summed E-state index contributed by atoms with van der Waals surface area (Å²) in [7, 11) is 0. The molecule has 1 N–H and O–H groups in total. The minimum absolute atomic E-state index is 0.108. The van der Waals surface area contributed by atoms with E-state index in [4.69, 9.17) is 4.74 Å². The predicted molar refractivity (Wildman–Crippen MR) is 63.9 cm³/mol. The number of halogens is 2. The van der Waals surface area contributed by atoms with Gasteiger partial charge in [-0.3, -0.25) is 5.32 Å². The summed E-state index contributed by atoms with van der Waals surface area (Å²) < 4.78 is 18.8. The molecule has 0 fully saturated rings. The van der Waals surface area contributed by atoms with Crippen molar-refractivity contribution in [2.45, 2.75) is 13.8 Å². The second-order valence-electron chi connectivity index (χ2n) is 3.74. The van der Waals surface area contributed by atoms with Crippen molar-refractivity contribution in [1.29, 1.82) is 0 Å². The van der Waals surface area contributed by atoms with Crippen molar-refractivity contribution in [2.75, 3.05) is 11.9 Å². The molecule has 0 atom stereocenters. The van der Waals surface area contributed by atoms with E-state index in [1.54, 1.807) is 6.07 Å². The minimum Gasteiger partial charge on any atom is -0.449 e. The van der Waals surface area contributed by atoms with Crippen LogP contribution in [0.5, 0.6) is 0 Å². The Morgan fingerprint density at radius 1 is 1.56 bits per heavy atom. The number of benzene rings is 1. The molecule has 0 aliphatic rings. The summed E-state index contributed by atoms with van der Waals surface area (Å²) in [5.41, 5.74) is 0.108. The molecule has 0 radical (unpaired) electrons. The topological polar surface area (TPSA) is 38.3 Å². The lowest BCUT2D eigenvalue weighted by atomic mass is 10.2. The van der Waals surface area contributed by atoms with E-state index in [1.165, 1.54) is 12.1 Å². The van der Waals surface area contributed by atoms with E-state index in [2.05, 4.69) is 21.2 Å². The normalized spacial score (nSPS) is 10.3. The Morgan fingerprint density at radius 3 is 2.81 bits per heavy atom. The van der Waals surface area contributed by atoms with Crippen LogP contribution in [-0.2, 0) is 4.74 Å². The zero-order valence-electron chi connectivity index (χ0n) is 9.09. The lowest BCUT2D eigenvalue weighted by Crippen LogP contribution is -2.17. The van der Waals surface area contributed by atoms with Gasteiger partial charge in [-0.05, 0) is 24.1 Å². The van der Waals surface area contributed by atoms with Crippen molar-refractivity contribution < 1.29 is 13.9 Å². The maximum absolute atomic E-state index is 13.3. The summed E-state index contributed by atoms with van der Waals surface area (Å²) in [6.45, 7) is 4.16. The van der Waals surface area contributed by atoms with Crippen LogP contribution in [0.25, 0.3) is 0 Å². The lowest BCUT2D eigenvalue weighted by molar-refractivity contribution is 0.147. The van der Waals surface area contributed by atoms with E-state index in [0.29, 0.717) is 11.1 Å². The number of carbonyl (C=O) groups is 1. The summed E-state index contributed by atoms with van der Waals surface area (Å²) in [5.74, 6) is -0.253. The second-order valence-corrected chi connectivity index (χ2v) is 4.66. The van der Waals surface area contributed by atoms with E-state index in [0.717, 1.165) is 0 Å². The number of nitrogens with one attached hydrogen (secondary N) is 1. The molecule has 1 amide bonds. The number of ether oxygens (including phenoxy) is 1. The van der Waals surface area contributed by atoms with Crippen LogP contribution in [0.15, 0.2) is 22.7 Å². The van der Waals surface area contributed by atoms with E-state index in [9.17, 15) is 9.18 Å². The molecule has 0 spiro atoms. The smallest absolute Gasteiger partial charge is 0.411 e.